The lowest BCUT2D eigenvalue weighted by Crippen LogP contribution is -2.17. The molecule has 64 valence electrons. The van der Waals surface area contributed by atoms with Crippen molar-refractivity contribution >= 4 is 17.7 Å². The van der Waals surface area contributed by atoms with E-state index in [9.17, 15) is 4.79 Å². The smallest absolute Gasteiger partial charge is 0.255 e. The highest BCUT2D eigenvalue weighted by Gasteiger charge is 2.05. The molecule has 0 bridgehead atoms. The summed E-state index contributed by atoms with van der Waals surface area (Å²) in [5.41, 5.74) is 1.84. The summed E-state index contributed by atoms with van der Waals surface area (Å²) in [4.78, 5) is 11.3. The molecule has 0 unspecified atom stereocenters. The van der Waals surface area contributed by atoms with Gasteiger partial charge in [-0.2, -0.15) is 0 Å². The predicted molar refractivity (Wildman–Crippen MR) is 52.4 cm³/mol. The van der Waals surface area contributed by atoms with Crippen molar-refractivity contribution in [2.24, 2.45) is 0 Å². The van der Waals surface area contributed by atoms with Crippen LogP contribution in [0.25, 0.3) is 0 Å². The predicted octanol–water partition coefficient (Wildman–Crippen LogP) is 2.17. The van der Waals surface area contributed by atoms with Crippen LogP contribution in [0, 0.1) is 0 Å². The molecule has 12 heavy (non-hydrogen) atoms. The van der Waals surface area contributed by atoms with Gasteiger partial charge in [0.15, 0.2) is 0 Å². The molecule has 1 aliphatic heterocycles. The Kier molecular flexibility index (Phi) is 3.17. The highest BCUT2D eigenvalue weighted by atomic mass is 32.2. The van der Waals surface area contributed by atoms with Crippen LogP contribution in [0.5, 0.6) is 0 Å². The van der Waals surface area contributed by atoms with Gasteiger partial charge in [0.2, 0.25) is 0 Å². The van der Waals surface area contributed by atoms with Crippen molar-refractivity contribution in [3.63, 3.8) is 0 Å². The molecule has 1 aliphatic rings. The van der Waals surface area contributed by atoms with Crippen LogP contribution in [-0.2, 0) is 4.79 Å². The minimum Gasteiger partial charge on any atom is -0.328 e. The van der Waals surface area contributed by atoms with E-state index in [2.05, 4.69) is 5.32 Å². The molecule has 0 fully saturated rings. The van der Waals surface area contributed by atoms with Crippen LogP contribution >= 0.6 is 11.8 Å². The molecule has 1 N–H and O–H groups in total. The zero-order valence-electron chi connectivity index (χ0n) is 7.13. The van der Waals surface area contributed by atoms with Gasteiger partial charge in [-0.1, -0.05) is 11.6 Å². The average molecular weight is 181 g/mol. The van der Waals surface area contributed by atoms with E-state index in [0.717, 1.165) is 5.57 Å². The van der Waals surface area contributed by atoms with Crippen molar-refractivity contribution in [1.82, 2.24) is 5.32 Å². The Morgan fingerprint density at radius 2 is 2.33 bits per heavy atom. The molecule has 0 aromatic carbocycles. The zero-order valence-corrected chi connectivity index (χ0v) is 7.94. The molecular weight excluding hydrogens is 170 g/mol. The summed E-state index contributed by atoms with van der Waals surface area (Å²) in [5, 5.41) is 6.32. The van der Waals surface area contributed by atoms with Gasteiger partial charge in [0.1, 0.15) is 0 Å². The first-order valence-corrected chi connectivity index (χ1v) is 4.61. The lowest BCUT2D eigenvalue weighted by molar-refractivity contribution is -0.116. The fraction of sp³-hybridized carbons (Fsp3) is 0.222. The van der Waals surface area contributed by atoms with Crippen LogP contribution < -0.4 is 5.32 Å². The van der Waals surface area contributed by atoms with E-state index >= 15 is 0 Å². The van der Waals surface area contributed by atoms with E-state index in [1.54, 1.807) is 6.20 Å². The molecule has 1 amide bonds. The van der Waals surface area contributed by atoms with Gasteiger partial charge in [-0.3, -0.25) is 4.79 Å². The van der Waals surface area contributed by atoms with Gasteiger partial charge in [0.05, 0.1) is 0 Å². The molecule has 0 atom stereocenters. The van der Waals surface area contributed by atoms with Crippen LogP contribution in [0.15, 0.2) is 34.2 Å². The van der Waals surface area contributed by atoms with Crippen molar-refractivity contribution in [2.75, 3.05) is 0 Å². The largest absolute Gasteiger partial charge is 0.328 e. The summed E-state index contributed by atoms with van der Waals surface area (Å²) in [6.07, 6.45) is 3.52. The second-order valence-electron chi connectivity index (χ2n) is 2.71. The summed E-state index contributed by atoms with van der Waals surface area (Å²) >= 11 is 1.50. The van der Waals surface area contributed by atoms with Gasteiger partial charge < -0.3 is 5.32 Å². The molecule has 0 aliphatic carbocycles. The molecule has 0 aromatic heterocycles. The lowest BCUT2D eigenvalue weighted by Gasteiger charge is -1.98. The SMILES string of the molecule is CC(C)=CC1=CSC=CNC1=O. The van der Waals surface area contributed by atoms with Gasteiger partial charge in [-0.15, -0.1) is 11.8 Å². The highest BCUT2D eigenvalue weighted by molar-refractivity contribution is 8.04. The molecule has 0 radical (unpaired) electrons. The van der Waals surface area contributed by atoms with Gasteiger partial charge in [-0.05, 0) is 24.7 Å². The first-order valence-electron chi connectivity index (χ1n) is 3.66. The molecule has 0 spiro atoms. The molecule has 1 rings (SSSR count). The fourth-order valence-electron chi connectivity index (χ4n) is 0.809. The van der Waals surface area contributed by atoms with Crippen molar-refractivity contribution in [1.29, 1.82) is 0 Å². The summed E-state index contributed by atoms with van der Waals surface area (Å²) in [7, 11) is 0. The van der Waals surface area contributed by atoms with Crippen LogP contribution in [-0.4, -0.2) is 5.91 Å². The Labute approximate surface area is 76.4 Å². The fourth-order valence-corrected chi connectivity index (χ4v) is 1.36. The summed E-state index contributed by atoms with van der Waals surface area (Å²) < 4.78 is 0. The van der Waals surface area contributed by atoms with E-state index in [4.69, 9.17) is 0 Å². The number of amides is 1. The maximum absolute atomic E-state index is 11.3. The van der Waals surface area contributed by atoms with Crippen LogP contribution in [0.1, 0.15) is 13.8 Å². The third-order valence-corrected chi connectivity index (χ3v) is 1.95. The first-order chi connectivity index (χ1) is 5.70. The zero-order chi connectivity index (χ0) is 8.97. The van der Waals surface area contributed by atoms with E-state index in [1.807, 2.05) is 30.7 Å². The van der Waals surface area contributed by atoms with Gasteiger partial charge in [-0.25, -0.2) is 0 Å². The van der Waals surface area contributed by atoms with Crippen LogP contribution in [0.3, 0.4) is 0 Å². The molecule has 2 nitrogen and oxygen atoms in total. The Morgan fingerprint density at radius 3 is 3.00 bits per heavy atom. The third-order valence-electron chi connectivity index (χ3n) is 1.26. The summed E-state index contributed by atoms with van der Waals surface area (Å²) in [5.74, 6) is -0.0440. The van der Waals surface area contributed by atoms with Crippen molar-refractivity contribution in [3.8, 4) is 0 Å². The second kappa shape index (κ2) is 4.16. The van der Waals surface area contributed by atoms with Gasteiger partial charge in [0, 0.05) is 11.8 Å². The number of allylic oxidation sites excluding steroid dienone is 1. The number of nitrogens with one attached hydrogen (secondary N) is 1. The summed E-state index contributed by atoms with van der Waals surface area (Å²) in [6, 6.07) is 0. The molecular formula is C9H11NOS. The molecule has 3 heteroatoms. The number of hydrogen-bond acceptors (Lipinski definition) is 2. The Morgan fingerprint density at radius 1 is 1.58 bits per heavy atom. The van der Waals surface area contributed by atoms with Crippen molar-refractivity contribution < 1.29 is 4.79 Å². The normalized spacial score (nSPS) is 16.2. The van der Waals surface area contributed by atoms with E-state index in [-0.39, 0.29) is 5.91 Å². The van der Waals surface area contributed by atoms with Gasteiger partial charge in [0.25, 0.3) is 5.91 Å². The van der Waals surface area contributed by atoms with Crippen molar-refractivity contribution in [3.05, 3.63) is 34.2 Å². The molecule has 1 heterocycles. The standard InChI is InChI=1S/C9H11NOS/c1-7(2)5-8-6-12-4-3-10-9(8)11/h3-6H,1-2H3,(H,10,11). The van der Waals surface area contributed by atoms with Crippen molar-refractivity contribution in [2.45, 2.75) is 13.8 Å². The topological polar surface area (TPSA) is 29.1 Å². The van der Waals surface area contributed by atoms with Gasteiger partial charge >= 0.3 is 0 Å². The number of carbonyl (C=O) groups excluding carboxylic acids is 1. The lowest BCUT2D eigenvalue weighted by atomic mass is 10.2. The Bertz CT molecular complexity index is 272. The quantitative estimate of drug-likeness (QED) is 0.671. The number of hydrogen-bond donors (Lipinski definition) is 1. The number of carbonyl (C=O) groups is 1. The number of thioether (sulfide) groups is 1. The monoisotopic (exact) mass is 181 g/mol. The summed E-state index contributed by atoms with van der Waals surface area (Å²) in [6.45, 7) is 3.94. The molecule has 0 aromatic rings. The average Bonchev–Trinajstić information content (AvgIpc) is 2.16. The van der Waals surface area contributed by atoms with E-state index < -0.39 is 0 Å². The second-order valence-corrected chi connectivity index (χ2v) is 3.49. The Balaban J connectivity index is 2.82. The maximum atomic E-state index is 11.3. The van der Waals surface area contributed by atoms with E-state index in [0.29, 0.717) is 5.57 Å². The van der Waals surface area contributed by atoms with E-state index in [1.165, 1.54) is 11.8 Å². The number of rotatable bonds is 1. The third kappa shape index (κ3) is 2.58. The van der Waals surface area contributed by atoms with Crippen LogP contribution in [0.4, 0.5) is 0 Å². The minimum atomic E-state index is -0.0440. The van der Waals surface area contributed by atoms with Crippen LogP contribution in [0.2, 0.25) is 0 Å². The molecule has 0 saturated carbocycles. The first kappa shape index (κ1) is 9.13. The molecule has 0 saturated heterocycles. The Hall–Kier alpha value is -0.960. The highest BCUT2D eigenvalue weighted by Crippen LogP contribution is 2.14. The maximum Gasteiger partial charge on any atom is 0.255 e. The minimum absolute atomic E-state index is 0.0440.